The summed E-state index contributed by atoms with van der Waals surface area (Å²) in [5.74, 6) is 2.54. The third-order valence-electron chi connectivity index (χ3n) is 3.70. The fraction of sp³-hybridized carbons (Fsp3) is 0.412. The van der Waals surface area contributed by atoms with Gasteiger partial charge in [-0.25, -0.2) is 9.97 Å². The monoisotopic (exact) mass is 282 g/mol. The molecule has 0 amide bonds. The van der Waals surface area contributed by atoms with Crippen LogP contribution < -0.4 is 10.6 Å². The predicted octanol–water partition coefficient (Wildman–Crippen LogP) is 4.03. The van der Waals surface area contributed by atoms with E-state index in [0.29, 0.717) is 6.04 Å². The van der Waals surface area contributed by atoms with Crippen LogP contribution in [0.1, 0.15) is 35.4 Å². The lowest BCUT2D eigenvalue weighted by Crippen LogP contribution is -2.07. The molecule has 1 aromatic carbocycles. The van der Waals surface area contributed by atoms with Gasteiger partial charge in [-0.1, -0.05) is 17.7 Å². The fourth-order valence-electron chi connectivity index (χ4n) is 2.65. The fourth-order valence-corrected chi connectivity index (χ4v) is 2.65. The standard InChI is InChI=1S/C17H22N4/c1-10-7-11(2)17(12(3)8-10)21-16-9-15(18-13(4)19-16)20-14-5-6-14/h7-9,14H,5-6H2,1-4H3,(H2,18,19,20,21). The van der Waals surface area contributed by atoms with Gasteiger partial charge in [-0.05, 0) is 51.7 Å². The largest absolute Gasteiger partial charge is 0.367 e. The van der Waals surface area contributed by atoms with E-state index in [-0.39, 0.29) is 0 Å². The lowest BCUT2D eigenvalue weighted by atomic mass is 10.1. The van der Waals surface area contributed by atoms with Gasteiger partial charge in [0.2, 0.25) is 0 Å². The van der Waals surface area contributed by atoms with E-state index in [4.69, 9.17) is 0 Å². The number of benzene rings is 1. The number of nitrogens with one attached hydrogen (secondary N) is 2. The second kappa shape index (κ2) is 5.35. The normalized spacial score (nSPS) is 14.1. The lowest BCUT2D eigenvalue weighted by molar-refractivity contribution is 1.02. The maximum Gasteiger partial charge on any atom is 0.136 e. The Morgan fingerprint density at radius 2 is 1.52 bits per heavy atom. The average Bonchev–Trinajstić information content (AvgIpc) is 3.17. The molecule has 1 aromatic heterocycles. The van der Waals surface area contributed by atoms with E-state index < -0.39 is 0 Å². The van der Waals surface area contributed by atoms with Crippen molar-refractivity contribution in [2.45, 2.75) is 46.6 Å². The Kier molecular flexibility index (Phi) is 3.53. The molecule has 0 unspecified atom stereocenters. The number of anilines is 3. The molecule has 4 heteroatoms. The van der Waals surface area contributed by atoms with E-state index >= 15 is 0 Å². The minimum Gasteiger partial charge on any atom is -0.367 e. The summed E-state index contributed by atoms with van der Waals surface area (Å²) in [5, 5.41) is 6.88. The van der Waals surface area contributed by atoms with Gasteiger partial charge in [-0.3, -0.25) is 0 Å². The molecule has 0 spiro atoms. The van der Waals surface area contributed by atoms with Crippen molar-refractivity contribution < 1.29 is 0 Å². The van der Waals surface area contributed by atoms with Crippen LogP contribution in [0.4, 0.5) is 17.3 Å². The maximum atomic E-state index is 4.50. The number of hydrogen-bond acceptors (Lipinski definition) is 4. The average molecular weight is 282 g/mol. The zero-order valence-corrected chi connectivity index (χ0v) is 13.1. The van der Waals surface area contributed by atoms with Gasteiger partial charge in [-0.15, -0.1) is 0 Å². The summed E-state index contributed by atoms with van der Waals surface area (Å²) >= 11 is 0. The van der Waals surface area contributed by atoms with Crippen molar-refractivity contribution in [1.29, 1.82) is 0 Å². The van der Waals surface area contributed by atoms with Crippen LogP contribution in [0.5, 0.6) is 0 Å². The first kappa shape index (κ1) is 13.9. The molecule has 0 saturated heterocycles. The number of rotatable bonds is 4. The Labute approximate surface area is 126 Å². The van der Waals surface area contributed by atoms with Gasteiger partial charge >= 0.3 is 0 Å². The smallest absolute Gasteiger partial charge is 0.136 e. The molecule has 21 heavy (non-hydrogen) atoms. The van der Waals surface area contributed by atoms with Crippen LogP contribution >= 0.6 is 0 Å². The minimum atomic E-state index is 0.593. The highest BCUT2D eigenvalue weighted by Crippen LogP contribution is 2.28. The van der Waals surface area contributed by atoms with E-state index in [2.05, 4.69) is 53.5 Å². The van der Waals surface area contributed by atoms with Crippen molar-refractivity contribution >= 4 is 17.3 Å². The summed E-state index contributed by atoms with van der Waals surface area (Å²) in [6.07, 6.45) is 2.48. The number of aryl methyl sites for hydroxylation is 4. The topological polar surface area (TPSA) is 49.8 Å². The molecule has 2 N–H and O–H groups in total. The summed E-state index contributed by atoms with van der Waals surface area (Å²) in [6.45, 7) is 8.30. The molecule has 0 radical (unpaired) electrons. The van der Waals surface area contributed by atoms with Gasteiger partial charge in [0.05, 0.1) is 0 Å². The van der Waals surface area contributed by atoms with E-state index in [9.17, 15) is 0 Å². The molecular formula is C17H22N4. The molecule has 1 heterocycles. The summed E-state index contributed by atoms with van der Waals surface area (Å²) < 4.78 is 0. The highest BCUT2D eigenvalue weighted by molar-refractivity contribution is 5.66. The van der Waals surface area contributed by atoms with Gasteiger partial charge < -0.3 is 10.6 Å². The van der Waals surface area contributed by atoms with Crippen molar-refractivity contribution in [2.24, 2.45) is 0 Å². The summed E-state index contributed by atoms with van der Waals surface area (Å²) in [7, 11) is 0. The Bertz CT molecular complexity index is 651. The maximum absolute atomic E-state index is 4.50. The molecule has 0 aliphatic heterocycles. The third kappa shape index (κ3) is 3.32. The van der Waals surface area contributed by atoms with Gasteiger partial charge in [0.15, 0.2) is 0 Å². The van der Waals surface area contributed by atoms with Crippen LogP contribution in [0, 0.1) is 27.7 Å². The van der Waals surface area contributed by atoms with Crippen LogP contribution in [0.15, 0.2) is 18.2 Å². The van der Waals surface area contributed by atoms with Crippen LogP contribution in [0.25, 0.3) is 0 Å². The molecule has 1 aliphatic carbocycles. The lowest BCUT2D eigenvalue weighted by Gasteiger charge is -2.14. The van der Waals surface area contributed by atoms with Crippen molar-refractivity contribution in [2.75, 3.05) is 10.6 Å². The van der Waals surface area contributed by atoms with Crippen LogP contribution in [0.3, 0.4) is 0 Å². The molecule has 110 valence electrons. The number of hydrogen-bond donors (Lipinski definition) is 2. The zero-order chi connectivity index (χ0) is 15.0. The first-order valence-corrected chi connectivity index (χ1v) is 7.48. The van der Waals surface area contributed by atoms with E-state index in [0.717, 1.165) is 23.1 Å². The highest BCUT2D eigenvalue weighted by atomic mass is 15.1. The van der Waals surface area contributed by atoms with Crippen LogP contribution in [-0.4, -0.2) is 16.0 Å². The second-order valence-electron chi connectivity index (χ2n) is 6.00. The van der Waals surface area contributed by atoms with Crippen molar-refractivity contribution in [1.82, 2.24) is 9.97 Å². The quantitative estimate of drug-likeness (QED) is 0.889. The van der Waals surface area contributed by atoms with Crippen molar-refractivity contribution in [3.63, 3.8) is 0 Å². The highest BCUT2D eigenvalue weighted by Gasteiger charge is 2.21. The molecule has 0 bridgehead atoms. The summed E-state index contributed by atoms with van der Waals surface area (Å²) in [4.78, 5) is 8.95. The Morgan fingerprint density at radius 1 is 0.905 bits per heavy atom. The molecule has 0 atom stereocenters. The second-order valence-corrected chi connectivity index (χ2v) is 6.00. The first-order valence-electron chi connectivity index (χ1n) is 7.48. The van der Waals surface area contributed by atoms with Gasteiger partial charge in [0, 0.05) is 17.8 Å². The third-order valence-corrected chi connectivity index (χ3v) is 3.70. The van der Waals surface area contributed by atoms with Gasteiger partial charge in [0.1, 0.15) is 17.5 Å². The van der Waals surface area contributed by atoms with Crippen molar-refractivity contribution in [3.05, 3.63) is 40.7 Å². The minimum absolute atomic E-state index is 0.593. The van der Waals surface area contributed by atoms with E-state index in [1.54, 1.807) is 0 Å². The number of nitrogens with zero attached hydrogens (tertiary/aromatic N) is 2. The summed E-state index contributed by atoms with van der Waals surface area (Å²) in [6, 6.07) is 6.96. The van der Waals surface area contributed by atoms with Crippen molar-refractivity contribution in [3.8, 4) is 0 Å². The molecule has 2 aromatic rings. The Balaban J connectivity index is 1.88. The Hall–Kier alpha value is -2.10. The molecule has 3 rings (SSSR count). The van der Waals surface area contributed by atoms with Crippen LogP contribution in [-0.2, 0) is 0 Å². The first-order chi connectivity index (χ1) is 10.0. The SMILES string of the molecule is Cc1cc(C)c(Nc2cc(NC3CC3)nc(C)n2)c(C)c1. The number of aromatic nitrogens is 2. The predicted molar refractivity (Wildman–Crippen MR) is 87.3 cm³/mol. The van der Waals surface area contributed by atoms with Crippen LogP contribution in [0.2, 0.25) is 0 Å². The molecule has 1 fully saturated rings. The van der Waals surface area contributed by atoms with Gasteiger partial charge in [0.25, 0.3) is 0 Å². The summed E-state index contributed by atoms with van der Waals surface area (Å²) in [5.41, 5.74) is 4.89. The van der Waals surface area contributed by atoms with E-state index in [1.165, 1.54) is 29.5 Å². The molecular weight excluding hydrogens is 260 g/mol. The van der Waals surface area contributed by atoms with Gasteiger partial charge in [-0.2, -0.15) is 0 Å². The molecule has 1 saturated carbocycles. The Morgan fingerprint density at radius 3 is 2.14 bits per heavy atom. The van der Waals surface area contributed by atoms with E-state index in [1.807, 2.05) is 13.0 Å². The zero-order valence-electron chi connectivity index (χ0n) is 13.1. The molecule has 1 aliphatic rings. The molecule has 4 nitrogen and oxygen atoms in total.